The van der Waals surface area contributed by atoms with Crippen LogP contribution in [0.25, 0.3) is 0 Å². The molecule has 0 atom stereocenters. The molecule has 0 aromatic heterocycles. The molecular formula is C17H18BrN3O4S. The number of amides is 2. The number of primary amides is 1. The first-order chi connectivity index (χ1) is 12.0. The molecule has 0 aliphatic heterocycles. The highest BCUT2D eigenvalue weighted by molar-refractivity contribution is 9.10. The molecule has 9 heteroatoms. The van der Waals surface area contributed by atoms with Crippen LogP contribution in [0.5, 0.6) is 0 Å². The molecule has 0 unspecified atom stereocenters. The Labute approximate surface area is 160 Å². The summed E-state index contributed by atoms with van der Waals surface area (Å²) in [7, 11) is -0.875. The third-order valence-corrected chi connectivity index (χ3v) is 6.51. The molecule has 2 amide bonds. The summed E-state index contributed by atoms with van der Waals surface area (Å²) in [6.07, 6.45) is 0. The summed E-state index contributed by atoms with van der Waals surface area (Å²) < 4.78 is 26.1. The summed E-state index contributed by atoms with van der Waals surface area (Å²) >= 11 is 3.20. The third-order valence-electron chi connectivity index (χ3n) is 3.70. The summed E-state index contributed by atoms with van der Waals surface area (Å²) in [6, 6.07) is 9.03. The number of rotatable bonds is 5. The maximum Gasteiger partial charge on any atom is 0.255 e. The van der Waals surface area contributed by atoms with Crippen molar-refractivity contribution in [3.8, 4) is 0 Å². The summed E-state index contributed by atoms with van der Waals surface area (Å²) in [5, 5.41) is 2.68. The third kappa shape index (κ3) is 4.12. The number of halogens is 1. The van der Waals surface area contributed by atoms with Crippen LogP contribution in [0.4, 0.5) is 5.69 Å². The second-order valence-electron chi connectivity index (χ2n) is 5.78. The first-order valence-electron chi connectivity index (χ1n) is 7.48. The fraction of sp³-hybridized carbons (Fsp3) is 0.176. The standard InChI is InChI=1S/C17H18BrN3O4S/c1-10-8-12(5-6-13(10)16(19)22)20-17(23)11-4-7-14(18)15(9-11)26(24,25)21(2)3/h4-9H,1-3H3,(H2,19,22)(H,20,23). The molecule has 2 aromatic carbocycles. The van der Waals surface area contributed by atoms with E-state index in [1.165, 1.54) is 38.4 Å². The lowest BCUT2D eigenvalue weighted by atomic mass is 10.1. The summed E-state index contributed by atoms with van der Waals surface area (Å²) in [6.45, 7) is 1.71. The van der Waals surface area contributed by atoms with Gasteiger partial charge in [0, 0.05) is 35.4 Å². The van der Waals surface area contributed by atoms with Crippen molar-refractivity contribution < 1.29 is 18.0 Å². The average Bonchev–Trinajstić information content (AvgIpc) is 2.54. The van der Waals surface area contributed by atoms with Crippen LogP contribution in [0.1, 0.15) is 26.3 Å². The number of anilines is 1. The molecule has 7 nitrogen and oxygen atoms in total. The highest BCUT2D eigenvalue weighted by Gasteiger charge is 2.22. The van der Waals surface area contributed by atoms with Gasteiger partial charge in [0.15, 0.2) is 0 Å². The number of nitrogens with two attached hydrogens (primary N) is 1. The topological polar surface area (TPSA) is 110 Å². The lowest BCUT2D eigenvalue weighted by Crippen LogP contribution is -2.23. The number of sulfonamides is 1. The number of hydrogen-bond donors (Lipinski definition) is 2. The maximum atomic E-state index is 12.5. The molecule has 138 valence electrons. The van der Waals surface area contributed by atoms with Gasteiger partial charge in [0.25, 0.3) is 5.91 Å². The lowest BCUT2D eigenvalue weighted by molar-refractivity contribution is 0.0997. The van der Waals surface area contributed by atoms with Gasteiger partial charge in [-0.2, -0.15) is 0 Å². The van der Waals surface area contributed by atoms with Gasteiger partial charge in [-0.25, -0.2) is 12.7 Å². The molecule has 0 saturated heterocycles. The molecule has 0 fully saturated rings. The number of hydrogen-bond acceptors (Lipinski definition) is 4. The Hall–Kier alpha value is -2.23. The Kier molecular flexibility index (Phi) is 5.84. The Bertz CT molecular complexity index is 987. The van der Waals surface area contributed by atoms with Crippen molar-refractivity contribution in [2.24, 2.45) is 5.73 Å². The minimum Gasteiger partial charge on any atom is -0.366 e. The van der Waals surface area contributed by atoms with Crippen molar-refractivity contribution in [2.75, 3.05) is 19.4 Å². The molecule has 0 bridgehead atoms. The predicted octanol–water partition coefficient (Wildman–Crippen LogP) is 2.36. The fourth-order valence-corrected chi connectivity index (χ4v) is 4.10. The molecule has 2 rings (SSSR count). The molecule has 0 aliphatic carbocycles. The zero-order valence-corrected chi connectivity index (χ0v) is 16.8. The van der Waals surface area contributed by atoms with E-state index in [0.29, 0.717) is 21.3 Å². The minimum atomic E-state index is -3.70. The van der Waals surface area contributed by atoms with Gasteiger partial charge in [-0.3, -0.25) is 9.59 Å². The number of aryl methyl sites for hydroxylation is 1. The van der Waals surface area contributed by atoms with Crippen molar-refractivity contribution in [2.45, 2.75) is 11.8 Å². The van der Waals surface area contributed by atoms with Gasteiger partial charge in [-0.05, 0) is 64.8 Å². The molecule has 0 spiro atoms. The predicted molar refractivity (Wildman–Crippen MR) is 103 cm³/mol. The van der Waals surface area contributed by atoms with Crippen LogP contribution in [-0.4, -0.2) is 38.6 Å². The Morgan fingerprint density at radius 2 is 1.77 bits per heavy atom. The number of benzene rings is 2. The van der Waals surface area contributed by atoms with E-state index >= 15 is 0 Å². The largest absolute Gasteiger partial charge is 0.366 e. The number of nitrogens with zero attached hydrogens (tertiary/aromatic N) is 1. The SMILES string of the molecule is Cc1cc(NC(=O)c2ccc(Br)c(S(=O)(=O)N(C)C)c2)ccc1C(N)=O. The van der Waals surface area contributed by atoms with Crippen LogP contribution in [0.15, 0.2) is 45.8 Å². The van der Waals surface area contributed by atoms with Crippen molar-refractivity contribution in [3.63, 3.8) is 0 Å². The van der Waals surface area contributed by atoms with E-state index in [-0.39, 0.29) is 10.5 Å². The quantitative estimate of drug-likeness (QED) is 0.744. The summed E-state index contributed by atoms with van der Waals surface area (Å²) in [5.41, 5.74) is 6.91. The van der Waals surface area contributed by atoms with Gasteiger partial charge in [0.2, 0.25) is 15.9 Å². The summed E-state index contributed by atoms with van der Waals surface area (Å²) in [4.78, 5) is 23.7. The van der Waals surface area contributed by atoms with Crippen LogP contribution < -0.4 is 11.1 Å². The molecular weight excluding hydrogens is 422 g/mol. The normalized spacial score (nSPS) is 11.4. The summed E-state index contributed by atoms with van der Waals surface area (Å²) in [5.74, 6) is -1.02. The van der Waals surface area contributed by atoms with Crippen LogP contribution in [0.2, 0.25) is 0 Å². The zero-order chi connectivity index (χ0) is 19.6. The molecule has 3 N–H and O–H groups in total. The van der Waals surface area contributed by atoms with Crippen LogP contribution in [0, 0.1) is 6.92 Å². The molecule has 0 heterocycles. The van der Waals surface area contributed by atoms with E-state index < -0.39 is 21.8 Å². The molecule has 26 heavy (non-hydrogen) atoms. The van der Waals surface area contributed by atoms with E-state index in [2.05, 4.69) is 21.2 Å². The van der Waals surface area contributed by atoms with E-state index in [9.17, 15) is 18.0 Å². The van der Waals surface area contributed by atoms with Gasteiger partial charge in [0.05, 0.1) is 4.90 Å². The van der Waals surface area contributed by atoms with E-state index in [0.717, 1.165) is 4.31 Å². The smallest absolute Gasteiger partial charge is 0.255 e. The maximum absolute atomic E-state index is 12.5. The first-order valence-corrected chi connectivity index (χ1v) is 9.71. The van der Waals surface area contributed by atoms with E-state index in [1.54, 1.807) is 19.1 Å². The second kappa shape index (κ2) is 7.56. The lowest BCUT2D eigenvalue weighted by Gasteiger charge is -2.14. The fourth-order valence-electron chi connectivity index (χ4n) is 2.26. The number of carbonyl (C=O) groups is 2. The van der Waals surface area contributed by atoms with Crippen LogP contribution in [-0.2, 0) is 10.0 Å². The van der Waals surface area contributed by atoms with Crippen molar-refractivity contribution in [3.05, 3.63) is 57.6 Å². The van der Waals surface area contributed by atoms with Gasteiger partial charge in [-0.1, -0.05) is 0 Å². The highest BCUT2D eigenvalue weighted by atomic mass is 79.9. The van der Waals surface area contributed by atoms with Crippen LogP contribution >= 0.6 is 15.9 Å². The highest BCUT2D eigenvalue weighted by Crippen LogP contribution is 2.26. The minimum absolute atomic E-state index is 0.00425. The first kappa shape index (κ1) is 20.1. The van der Waals surface area contributed by atoms with Crippen molar-refractivity contribution in [1.82, 2.24) is 4.31 Å². The number of nitrogens with one attached hydrogen (secondary N) is 1. The molecule has 2 aromatic rings. The van der Waals surface area contributed by atoms with Crippen molar-refractivity contribution >= 4 is 43.5 Å². The monoisotopic (exact) mass is 439 g/mol. The Balaban J connectivity index is 2.34. The zero-order valence-electron chi connectivity index (χ0n) is 14.4. The number of carbonyl (C=O) groups excluding carboxylic acids is 2. The van der Waals surface area contributed by atoms with E-state index in [4.69, 9.17) is 5.73 Å². The van der Waals surface area contributed by atoms with E-state index in [1.807, 2.05) is 0 Å². The van der Waals surface area contributed by atoms with Crippen molar-refractivity contribution in [1.29, 1.82) is 0 Å². The van der Waals surface area contributed by atoms with Gasteiger partial charge < -0.3 is 11.1 Å². The molecule has 0 aliphatic rings. The Morgan fingerprint density at radius 3 is 2.31 bits per heavy atom. The average molecular weight is 440 g/mol. The molecule has 0 radical (unpaired) electrons. The van der Waals surface area contributed by atoms with Crippen LogP contribution in [0.3, 0.4) is 0 Å². The Morgan fingerprint density at radius 1 is 1.12 bits per heavy atom. The second-order valence-corrected chi connectivity index (χ2v) is 8.76. The van der Waals surface area contributed by atoms with Gasteiger partial charge in [0.1, 0.15) is 0 Å². The van der Waals surface area contributed by atoms with Gasteiger partial charge in [-0.15, -0.1) is 0 Å². The van der Waals surface area contributed by atoms with Gasteiger partial charge >= 0.3 is 0 Å². The molecule has 0 saturated carbocycles.